The van der Waals surface area contributed by atoms with Gasteiger partial charge in [-0.25, -0.2) is 19.6 Å². The highest BCUT2D eigenvalue weighted by Gasteiger charge is 2.20. The summed E-state index contributed by atoms with van der Waals surface area (Å²) < 4.78 is 10.7. The van der Waals surface area contributed by atoms with E-state index < -0.39 is 11.9 Å². The number of carbonyl (C=O) groups is 2. The zero-order chi connectivity index (χ0) is 23.1. The first kappa shape index (κ1) is 28.2. The molecule has 0 aromatic carbocycles. The van der Waals surface area contributed by atoms with Crippen LogP contribution in [-0.2, 0) is 19.1 Å². The second-order valence-corrected chi connectivity index (χ2v) is 9.01. The monoisotopic (exact) mass is 464 g/mol. The Bertz CT molecular complexity index is 578. The van der Waals surface area contributed by atoms with Crippen LogP contribution in [0.15, 0.2) is 22.1 Å². The maximum atomic E-state index is 9.55. The summed E-state index contributed by atoms with van der Waals surface area (Å²) in [4.78, 5) is 27.4. The predicted molar refractivity (Wildman–Crippen MR) is 122 cm³/mol. The molecule has 0 fully saturated rings. The fraction of sp³-hybridized carbons (Fsp3) is 0.667. The molecule has 0 aliphatic carbocycles. The molecular weight excluding hydrogens is 432 g/mol. The van der Waals surface area contributed by atoms with Gasteiger partial charge in [-0.3, -0.25) is 0 Å². The zero-order valence-corrected chi connectivity index (χ0v) is 19.3. The molecule has 172 valence electrons. The smallest absolute Gasteiger partial charge is 0.328 e. The van der Waals surface area contributed by atoms with Crippen LogP contribution in [-0.4, -0.2) is 68.7 Å². The Hall–Kier alpha value is -1.76. The van der Waals surface area contributed by atoms with Crippen molar-refractivity contribution in [3.8, 4) is 0 Å². The van der Waals surface area contributed by atoms with E-state index in [0.29, 0.717) is 46.2 Å². The summed E-state index contributed by atoms with van der Waals surface area (Å²) in [5, 5.41) is 18.0. The third-order valence-corrected chi connectivity index (χ3v) is 5.22. The second kappa shape index (κ2) is 16.0. The molecule has 0 saturated heterocycles. The second-order valence-electron chi connectivity index (χ2n) is 6.09. The van der Waals surface area contributed by atoms with Gasteiger partial charge in [-0.05, 0) is 13.8 Å². The van der Waals surface area contributed by atoms with Gasteiger partial charge in [-0.1, -0.05) is 37.4 Å². The minimum atomic E-state index is -1.26. The van der Waals surface area contributed by atoms with Crippen molar-refractivity contribution in [1.29, 1.82) is 0 Å². The van der Waals surface area contributed by atoms with Crippen molar-refractivity contribution >= 4 is 45.8 Å². The summed E-state index contributed by atoms with van der Waals surface area (Å²) in [6.45, 7) is 9.63. The predicted octanol–water partition coefficient (Wildman–Crippen LogP) is 2.09. The molecule has 30 heavy (non-hydrogen) atoms. The highest BCUT2D eigenvalue weighted by molar-refractivity contribution is 8.14. The molecule has 12 heteroatoms. The number of aliphatic carboxylic acids is 2. The molecule has 0 saturated carbocycles. The van der Waals surface area contributed by atoms with E-state index in [-0.39, 0.29) is 12.5 Å². The van der Waals surface area contributed by atoms with Gasteiger partial charge < -0.3 is 31.2 Å². The molecule has 2 rings (SSSR count). The topological polar surface area (TPSA) is 170 Å². The number of ether oxygens (including phenoxy) is 2. The third kappa shape index (κ3) is 15.1. The molecule has 0 aromatic rings. The van der Waals surface area contributed by atoms with Gasteiger partial charge >= 0.3 is 11.9 Å². The van der Waals surface area contributed by atoms with Crippen molar-refractivity contribution < 1.29 is 29.3 Å². The number of hydrogen-bond acceptors (Lipinski definition) is 10. The Kier molecular flexibility index (Phi) is 15.1. The summed E-state index contributed by atoms with van der Waals surface area (Å²) in [6, 6.07) is 0. The van der Waals surface area contributed by atoms with Gasteiger partial charge in [0.25, 0.3) is 0 Å². The minimum Gasteiger partial charge on any atom is -0.478 e. The zero-order valence-electron chi connectivity index (χ0n) is 17.7. The molecule has 10 nitrogen and oxygen atoms in total. The first-order chi connectivity index (χ1) is 14.1. The molecule has 6 N–H and O–H groups in total. The van der Waals surface area contributed by atoms with Gasteiger partial charge in [0.2, 0.25) is 0 Å². The lowest BCUT2D eigenvalue weighted by molar-refractivity contribution is -0.134. The number of amidine groups is 2. The van der Waals surface area contributed by atoms with Gasteiger partial charge in [0, 0.05) is 48.7 Å². The summed E-state index contributed by atoms with van der Waals surface area (Å²) in [5.74, 6) is -2.51. The fourth-order valence-corrected chi connectivity index (χ4v) is 3.97. The molecule has 0 spiro atoms. The van der Waals surface area contributed by atoms with E-state index in [0.717, 1.165) is 12.8 Å². The first-order valence-electron chi connectivity index (χ1n) is 9.44. The van der Waals surface area contributed by atoms with Gasteiger partial charge in [0.05, 0.1) is 0 Å². The lowest BCUT2D eigenvalue weighted by Gasteiger charge is -2.22. The van der Waals surface area contributed by atoms with Gasteiger partial charge in [-0.15, -0.1) is 0 Å². The highest BCUT2D eigenvalue weighted by Crippen LogP contribution is 2.24. The van der Waals surface area contributed by atoms with Crippen molar-refractivity contribution in [3.05, 3.63) is 12.2 Å². The molecule has 2 heterocycles. The van der Waals surface area contributed by atoms with Crippen LogP contribution in [0.4, 0.5) is 0 Å². The Balaban J connectivity index is 0.000000428. The van der Waals surface area contributed by atoms with Crippen LogP contribution in [0.1, 0.15) is 40.5 Å². The van der Waals surface area contributed by atoms with Gasteiger partial charge in [0.1, 0.15) is 0 Å². The van der Waals surface area contributed by atoms with E-state index in [9.17, 15) is 9.59 Å². The summed E-state index contributed by atoms with van der Waals surface area (Å²) in [5.41, 5.74) is 11.2. The van der Waals surface area contributed by atoms with Crippen molar-refractivity contribution in [2.45, 2.75) is 63.5 Å². The third-order valence-electron chi connectivity index (χ3n) is 3.34. The number of nitrogens with zero attached hydrogens (tertiary/aromatic N) is 2. The van der Waals surface area contributed by atoms with Crippen molar-refractivity contribution in [3.63, 3.8) is 0 Å². The van der Waals surface area contributed by atoms with E-state index in [1.165, 1.54) is 0 Å². The number of carboxylic acids is 2. The molecule has 0 radical (unpaired) electrons. The van der Waals surface area contributed by atoms with Crippen LogP contribution < -0.4 is 11.5 Å². The maximum Gasteiger partial charge on any atom is 0.328 e. The molecule has 0 bridgehead atoms. The van der Waals surface area contributed by atoms with E-state index in [2.05, 4.69) is 23.8 Å². The summed E-state index contributed by atoms with van der Waals surface area (Å²) >= 11 is 3.24. The quantitative estimate of drug-likeness (QED) is 0.427. The number of hydrogen-bond donors (Lipinski definition) is 4. The van der Waals surface area contributed by atoms with Crippen LogP contribution in [0.2, 0.25) is 0 Å². The average molecular weight is 465 g/mol. The van der Waals surface area contributed by atoms with E-state index in [4.69, 9.17) is 31.2 Å². The van der Waals surface area contributed by atoms with Crippen LogP contribution in [0, 0.1) is 0 Å². The lowest BCUT2D eigenvalue weighted by atomic mass is 10.3. The number of nitrogens with two attached hydrogens (primary N) is 2. The summed E-state index contributed by atoms with van der Waals surface area (Å²) in [6.07, 6.45) is 3.05. The SMILES string of the molecule is CCOC1CC(C)SC(N)=N1.CCOC1CC(C)SC(N)=N1.O=C(O)C=CC(=O)O. The van der Waals surface area contributed by atoms with E-state index in [1.54, 1.807) is 23.5 Å². The molecule has 4 unspecified atom stereocenters. The number of carboxylic acid groups (broad SMARTS) is 2. The minimum absolute atomic E-state index is 0.00347. The van der Waals surface area contributed by atoms with Gasteiger partial charge in [-0.2, -0.15) is 0 Å². The molecule has 2 aliphatic heterocycles. The molecule has 2 aliphatic rings. The molecule has 4 atom stereocenters. The molecule has 0 aromatic heterocycles. The largest absolute Gasteiger partial charge is 0.478 e. The number of rotatable bonds is 6. The van der Waals surface area contributed by atoms with Crippen molar-refractivity contribution in [2.75, 3.05) is 13.2 Å². The van der Waals surface area contributed by atoms with Crippen LogP contribution in [0.5, 0.6) is 0 Å². The summed E-state index contributed by atoms with van der Waals surface area (Å²) in [7, 11) is 0. The molecule has 0 amide bonds. The van der Waals surface area contributed by atoms with Gasteiger partial charge in [0.15, 0.2) is 22.8 Å². The standard InChI is InChI=1S/2C7H14N2OS.C4H4O4/c2*1-3-10-6-4-5(2)11-7(8)9-6;5-3(6)1-2-4(7)8/h2*5-6H,3-4H2,1-2H3,(H2,8,9);1-2H,(H,5,6)(H,7,8). The fourth-order valence-electron chi connectivity index (χ4n) is 2.26. The highest BCUT2D eigenvalue weighted by atomic mass is 32.2. The van der Waals surface area contributed by atoms with Crippen LogP contribution in [0.25, 0.3) is 0 Å². The Labute approximate surface area is 185 Å². The maximum absolute atomic E-state index is 9.55. The van der Waals surface area contributed by atoms with Crippen molar-refractivity contribution in [2.24, 2.45) is 21.5 Å². The van der Waals surface area contributed by atoms with Crippen molar-refractivity contribution in [1.82, 2.24) is 0 Å². The number of thioether (sulfide) groups is 2. The molecular formula is C18H32N4O6S2. The first-order valence-corrected chi connectivity index (χ1v) is 11.2. The Morgan fingerprint density at radius 3 is 1.50 bits per heavy atom. The Morgan fingerprint density at radius 2 is 1.27 bits per heavy atom. The Morgan fingerprint density at radius 1 is 0.933 bits per heavy atom. The van der Waals surface area contributed by atoms with Crippen LogP contribution in [0.3, 0.4) is 0 Å². The van der Waals surface area contributed by atoms with E-state index >= 15 is 0 Å². The normalized spacial score (nSPS) is 25.7. The lowest BCUT2D eigenvalue weighted by Crippen LogP contribution is -2.26. The number of aliphatic imine (C=N–C) groups is 2. The average Bonchev–Trinajstić information content (AvgIpc) is 2.60. The van der Waals surface area contributed by atoms with Crippen LogP contribution >= 0.6 is 23.5 Å². The van der Waals surface area contributed by atoms with E-state index in [1.807, 2.05) is 13.8 Å².